The third-order valence-electron chi connectivity index (χ3n) is 4.81. The Kier molecular flexibility index (Phi) is 3.48. The van der Waals surface area contributed by atoms with Crippen molar-refractivity contribution in [3.63, 3.8) is 0 Å². The molecule has 3 fully saturated rings. The predicted molar refractivity (Wildman–Crippen MR) is 71.6 cm³/mol. The maximum absolute atomic E-state index is 12.0. The van der Waals surface area contributed by atoms with Gasteiger partial charge in [-0.1, -0.05) is 0 Å². The van der Waals surface area contributed by atoms with E-state index in [9.17, 15) is 9.59 Å². The summed E-state index contributed by atoms with van der Waals surface area (Å²) in [6, 6.07) is 0.284. The quantitative estimate of drug-likeness (QED) is 0.776. The summed E-state index contributed by atoms with van der Waals surface area (Å²) in [6.07, 6.45) is 7.32. The summed E-state index contributed by atoms with van der Waals surface area (Å²) in [4.78, 5) is 25.2. The third kappa shape index (κ3) is 2.76. The maximum atomic E-state index is 12.0. The Labute approximate surface area is 114 Å². The minimum Gasteiger partial charge on any atom is -0.352 e. The van der Waals surface area contributed by atoms with Crippen LogP contribution in [0.25, 0.3) is 0 Å². The van der Waals surface area contributed by atoms with Gasteiger partial charge in [-0.3, -0.25) is 9.59 Å². The number of nitrogens with zero attached hydrogens (tertiary/aromatic N) is 1. The van der Waals surface area contributed by atoms with Crippen molar-refractivity contribution >= 4 is 11.8 Å². The lowest BCUT2D eigenvalue weighted by Gasteiger charge is -2.48. The fourth-order valence-corrected chi connectivity index (χ4v) is 3.58. The minimum absolute atomic E-state index is 0.0108. The lowest BCUT2D eigenvalue weighted by atomic mass is 9.70. The summed E-state index contributed by atoms with van der Waals surface area (Å²) >= 11 is 0. The molecule has 2 amide bonds. The largest absolute Gasteiger partial charge is 0.352 e. The van der Waals surface area contributed by atoms with Crippen LogP contribution in [0.4, 0.5) is 0 Å². The maximum Gasteiger partial charge on any atom is 0.239 e. The monoisotopic (exact) mass is 265 g/mol. The van der Waals surface area contributed by atoms with Crippen LogP contribution in [0.2, 0.25) is 0 Å². The van der Waals surface area contributed by atoms with Gasteiger partial charge in [0.05, 0.1) is 6.54 Å². The molecule has 2 aliphatic heterocycles. The summed E-state index contributed by atoms with van der Waals surface area (Å²) in [5.74, 6) is 0.132. The van der Waals surface area contributed by atoms with Crippen molar-refractivity contribution in [3.8, 4) is 0 Å². The van der Waals surface area contributed by atoms with E-state index >= 15 is 0 Å². The van der Waals surface area contributed by atoms with Gasteiger partial charge in [-0.2, -0.15) is 0 Å². The van der Waals surface area contributed by atoms with Gasteiger partial charge in [-0.15, -0.1) is 0 Å². The van der Waals surface area contributed by atoms with E-state index < -0.39 is 0 Å². The Bertz CT molecular complexity index is 379. The van der Waals surface area contributed by atoms with Crippen molar-refractivity contribution < 1.29 is 9.59 Å². The molecule has 0 radical (unpaired) electrons. The molecule has 2 saturated heterocycles. The van der Waals surface area contributed by atoms with E-state index in [1.54, 1.807) is 4.90 Å². The van der Waals surface area contributed by atoms with Gasteiger partial charge in [-0.05, 0) is 45.1 Å². The normalized spacial score (nSPS) is 29.4. The molecule has 1 atom stereocenters. The Morgan fingerprint density at radius 3 is 2.89 bits per heavy atom. The number of likely N-dealkylation sites (tertiary alicyclic amines) is 1. The SMILES string of the molecule is O=C(CN1CCCC1=O)NC1CCNC2(CCC2)C1. The van der Waals surface area contributed by atoms with Crippen LogP contribution >= 0.6 is 0 Å². The van der Waals surface area contributed by atoms with Crippen LogP contribution < -0.4 is 10.6 Å². The number of piperidine rings is 1. The highest BCUT2D eigenvalue weighted by molar-refractivity contribution is 5.85. The van der Waals surface area contributed by atoms with Gasteiger partial charge in [0.2, 0.25) is 11.8 Å². The third-order valence-corrected chi connectivity index (χ3v) is 4.81. The number of nitrogens with one attached hydrogen (secondary N) is 2. The van der Waals surface area contributed by atoms with E-state index in [2.05, 4.69) is 10.6 Å². The van der Waals surface area contributed by atoms with E-state index in [1.165, 1.54) is 19.3 Å². The zero-order valence-electron chi connectivity index (χ0n) is 11.4. The average Bonchev–Trinajstić information content (AvgIpc) is 2.73. The summed E-state index contributed by atoms with van der Waals surface area (Å²) in [6.45, 7) is 1.98. The highest BCUT2D eigenvalue weighted by Gasteiger charge is 2.41. The summed E-state index contributed by atoms with van der Waals surface area (Å²) in [7, 11) is 0. The Balaban J connectivity index is 1.47. The summed E-state index contributed by atoms with van der Waals surface area (Å²) in [5, 5.41) is 6.72. The van der Waals surface area contributed by atoms with E-state index in [-0.39, 0.29) is 24.4 Å². The molecule has 19 heavy (non-hydrogen) atoms. The highest BCUT2D eigenvalue weighted by atomic mass is 16.2. The first-order valence-corrected chi connectivity index (χ1v) is 7.49. The Hall–Kier alpha value is -1.10. The second kappa shape index (κ2) is 5.12. The topological polar surface area (TPSA) is 61.4 Å². The molecule has 5 heteroatoms. The standard InChI is InChI=1S/C14H23N3O2/c18-12(10-17-8-1-3-13(17)19)16-11-4-7-15-14(9-11)5-2-6-14/h11,15H,1-10H2,(H,16,18). The van der Waals surface area contributed by atoms with E-state index in [1.807, 2.05) is 0 Å². The number of rotatable bonds is 3. The number of amides is 2. The first-order valence-electron chi connectivity index (χ1n) is 7.49. The van der Waals surface area contributed by atoms with Gasteiger partial charge < -0.3 is 15.5 Å². The molecule has 2 N–H and O–H groups in total. The average molecular weight is 265 g/mol. The lowest BCUT2D eigenvalue weighted by Crippen LogP contribution is -2.60. The molecule has 0 aromatic heterocycles. The van der Waals surface area contributed by atoms with E-state index in [0.717, 1.165) is 32.4 Å². The molecule has 0 aromatic carbocycles. The molecule has 5 nitrogen and oxygen atoms in total. The minimum atomic E-state index is 0.0108. The number of hydrogen-bond acceptors (Lipinski definition) is 3. The Morgan fingerprint density at radius 2 is 2.26 bits per heavy atom. The van der Waals surface area contributed by atoms with E-state index in [0.29, 0.717) is 12.0 Å². The number of carbonyl (C=O) groups excluding carboxylic acids is 2. The number of carbonyl (C=O) groups is 2. The van der Waals surface area contributed by atoms with E-state index in [4.69, 9.17) is 0 Å². The molecule has 106 valence electrons. The molecule has 1 aliphatic carbocycles. The van der Waals surface area contributed by atoms with Gasteiger partial charge >= 0.3 is 0 Å². The fraction of sp³-hybridized carbons (Fsp3) is 0.857. The second-order valence-corrected chi connectivity index (χ2v) is 6.24. The van der Waals surface area contributed by atoms with Crippen molar-refractivity contribution in [1.29, 1.82) is 0 Å². The number of hydrogen-bond donors (Lipinski definition) is 2. The van der Waals surface area contributed by atoms with Crippen LogP contribution in [-0.2, 0) is 9.59 Å². The fourth-order valence-electron chi connectivity index (χ4n) is 3.58. The van der Waals surface area contributed by atoms with Gasteiger partial charge in [0, 0.05) is 24.5 Å². The molecular weight excluding hydrogens is 242 g/mol. The molecular formula is C14H23N3O2. The van der Waals surface area contributed by atoms with Gasteiger partial charge in [0.25, 0.3) is 0 Å². The molecule has 1 spiro atoms. The first-order chi connectivity index (χ1) is 9.17. The lowest BCUT2D eigenvalue weighted by molar-refractivity contribution is -0.133. The molecule has 1 saturated carbocycles. The van der Waals surface area contributed by atoms with Gasteiger partial charge in [0.1, 0.15) is 0 Å². The Morgan fingerprint density at radius 1 is 1.42 bits per heavy atom. The molecule has 3 rings (SSSR count). The molecule has 2 heterocycles. The van der Waals surface area contributed by atoms with Crippen molar-refractivity contribution in [2.75, 3.05) is 19.6 Å². The highest BCUT2D eigenvalue weighted by Crippen LogP contribution is 2.38. The van der Waals surface area contributed by atoms with Gasteiger partial charge in [0.15, 0.2) is 0 Å². The molecule has 0 bridgehead atoms. The summed E-state index contributed by atoms with van der Waals surface area (Å²) in [5.41, 5.74) is 0.305. The van der Waals surface area contributed by atoms with Crippen LogP contribution in [0.5, 0.6) is 0 Å². The van der Waals surface area contributed by atoms with Crippen LogP contribution in [0.1, 0.15) is 44.9 Å². The molecule has 3 aliphatic rings. The predicted octanol–water partition coefficient (Wildman–Crippen LogP) is 0.400. The van der Waals surface area contributed by atoms with Crippen molar-refractivity contribution in [2.45, 2.75) is 56.5 Å². The van der Waals surface area contributed by atoms with Crippen LogP contribution in [0.3, 0.4) is 0 Å². The van der Waals surface area contributed by atoms with Crippen LogP contribution in [0.15, 0.2) is 0 Å². The van der Waals surface area contributed by atoms with Crippen molar-refractivity contribution in [2.24, 2.45) is 0 Å². The second-order valence-electron chi connectivity index (χ2n) is 6.24. The van der Waals surface area contributed by atoms with Crippen LogP contribution in [-0.4, -0.2) is 47.9 Å². The zero-order valence-corrected chi connectivity index (χ0v) is 11.4. The molecule has 0 aromatic rings. The van der Waals surface area contributed by atoms with Crippen molar-refractivity contribution in [1.82, 2.24) is 15.5 Å². The summed E-state index contributed by atoms with van der Waals surface area (Å²) < 4.78 is 0. The zero-order chi connectivity index (χ0) is 13.3. The first kappa shape index (κ1) is 12.9. The smallest absolute Gasteiger partial charge is 0.239 e. The van der Waals surface area contributed by atoms with Gasteiger partial charge in [-0.25, -0.2) is 0 Å². The van der Waals surface area contributed by atoms with Crippen molar-refractivity contribution in [3.05, 3.63) is 0 Å². The van der Waals surface area contributed by atoms with Crippen LogP contribution in [0, 0.1) is 0 Å². The molecule has 1 unspecified atom stereocenters.